The van der Waals surface area contributed by atoms with E-state index in [0.29, 0.717) is 11.1 Å². The first-order valence-corrected chi connectivity index (χ1v) is 6.26. The van der Waals surface area contributed by atoms with Gasteiger partial charge >= 0.3 is 0 Å². The normalized spacial score (nSPS) is 15.8. The van der Waals surface area contributed by atoms with Crippen LogP contribution in [-0.4, -0.2) is 23.6 Å². The van der Waals surface area contributed by atoms with Crippen LogP contribution in [0.1, 0.15) is 0 Å². The van der Waals surface area contributed by atoms with Gasteiger partial charge in [0.2, 0.25) is 5.88 Å². The molecule has 1 aromatic heterocycles. The van der Waals surface area contributed by atoms with E-state index in [2.05, 4.69) is 17.3 Å². The van der Waals surface area contributed by atoms with Crippen LogP contribution in [0.3, 0.4) is 0 Å². The minimum absolute atomic E-state index is 0.359. The van der Waals surface area contributed by atoms with E-state index in [9.17, 15) is 0 Å². The van der Waals surface area contributed by atoms with E-state index in [1.54, 1.807) is 6.20 Å². The van der Waals surface area contributed by atoms with Crippen molar-refractivity contribution < 1.29 is 9.26 Å². The zero-order chi connectivity index (χ0) is 11.7. The number of ether oxygens (including phenoxy) is 1. The van der Waals surface area contributed by atoms with Gasteiger partial charge in [0, 0.05) is 4.90 Å². The molecule has 0 atom stereocenters. The molecule has 88 valence electrons. The lowest BCUT2D eigenvalue weighted by atomic mass is 10.1. The van der Waals surface area contributed by atoms with E-state index in [1.807, 2.05) is 23.9 Å². The average molecular weight is 248 g/mol. The number of aromatic nitrogens is 1. The maximum atomic E-state index is 5.67. The number of thioether (sulfide) groups is 1. The third-order valence-corrected chi connectivity index (χ3v) is 3.82. The van der Waals surface area contributed by atoms with Crippen molar-refractivity contribution in [2.24, 2.45) is 0 Å². The van der Waals surface area contributed by atoms with Gasteiger partial charge < -0.3 is 15.0 Å². The van der Waals surface area contributed by atoms with Crippen molar-refractivity contribution >= 4 is 17.6 Å². The Morgan fingerprint density at radius 2 is 2.00 bits per heavy atom. The van der Waals surface area contributed by atoms with Crippen LogP contribution in [0.2, 0.25) is 0 Å². The lowest BCUT2D eigenvalue weighted by molar-refractivity contribution is 0.0455. The van der Waals surface area contributed by atoms with Crippen LogP contribution in [0, 0.1) is 0 Å². The maximum absolute atomic E-state index is 5.67. The van der Waals surface area contributed by atoms with Crippen molar-refractivity contribution in [3.63, 3.8) is 0 Å². The Kier molecular flexibility index (Phi) is 2.78. The Balaban J connectivity index is 1.77. The number of anilines is 1. The van der Waals surface area contributed by atoms with Crippen LogP contribution in [-0.2, 0) is 4.74 Å². The summed E-state index contributed by atoms with van der Waals surface area (Å²) in [5.41, 5.74) is 7.54. The molecule has 0 bridgehead atoms. The van der Waals surface area contributed by atoms with Gasteiger partial charge in [0.1, 0.15) is 0 Å². The van der Waals surface area contributed by atoms with E-state index in [4.69, 9.17) is 15.0 Å². The highest BCUT2D eigenvalue weighted by Crippen LogP contribution is 2.31. The van der Waals surface area contributed by atoms with Crippen molar-refractivity contribution in [1.29, 1.82) is 0 Å². The lowest BCUT2D eigenvalue weighted by Gasteiger charge is -2.25. The van der Waals surface area contributed by atoms with E-state index in [-0.39, 0.29) is 0 Å². The van der Waals surface area contributed by atoms with Gasteiger partial charge in [-0.3, -0.25) is 0 Å². The van der Waals surface area contributed by atoms with E-state index in [0.717, 1.165) is 24.3 Å². The van der Waals surface area contributed by atoms with Crippen LogP contribution in [0.25, 0.3) is 11.1 Å². The SMILES string of the molecule is Nc1oncc1-c1ccc(SC2COC2)cc1. The Morgan fingerprint density at radius 1 is 1.24 bits per heavy atom. The molecular weight excluding hydrogens is 236 g/mol. The predicted molar refractivity (Wildman–Crippen MR) is 66.8 cm³/mol. The smallest absolute Gasteiger partial charge is 0.229 e. The van der Waals surface area contributed by atoms with Crippen LogP contribution in [0.5, 0.6) is 0 Å². The quantitative estimate of drug-likeness (QED) is 0.903. The van der Waals surface area contributed by atoms with Crippen molar-refractivity contribution in [2.75, 3.05) is 18.9 Å². The second kappa shape index (κ2) is 4.43. The molecule has 1 saturated heterocycles. The molecule has 5 heteroatoms. The summed E-state index contributed by atoms with van der Waals surface area (Å²) < 4.78 is 9.99. The molecule has 0 aliphatic carbocycles. The van der Waals surface area contributed by atoms with Gasteiger partial charge in [-0.2, -0.15) is 0 Å². The summed E-state index contributed by atoms with van der Waals surface area (Å²) >= 11 is 1.85. The fourth-order valence-electron chi connectivity index (χ4n) is 1.65. The average Bonchev–Trinajstić information content (AvgIpc) is 2.71. The highest BCUT2D eigenvalue weighted by molar-refractivity contribution is 8.00. The highest BCUT2D eigenvalue weighted by atomic mass is 32.2. The molecule has 0 amide bonds. The summed E-state index contributed by atoms with van der Waals surface area (Å²) in [5, 5.41) is 4.27. The number of hydrogen-bond acceptors (Lipinski definition) is 5. The summed E-state index contributed by atoms with van der Waals surface area (Å²) in [7, 11) is 0. The third kappa shape index (κ3) is 2.16. The fraction of sp³-hybridized carbons (Fsp3) is 0.250. The van der Waals surface area contributed by atoms with E-state index in [1.165, 1.54) is 4.90 Å². The number of benzene rings is 1. The number of nitrogens with zero attached hydrogens (tertiary/aromatic N) is 1. The molecular formula is C12H12N2O2S. The molecule has 17 heavy (non-hydrogen) atoms. The van der Waals surface area contributed by atoms with E-state index < -0.39 is 0 Å². The summed E-state index contributed by atoms with van der Waals surface area (Å²) in [6.07, 6.45) is 1.64. The second-order valence-electron chi connectivity index (χ2n) is 3.91. The van der Waals surface area contributed by atoms with Gasteiger partial charge in [0.25, 0.3) is 0 Å². The number of rotatable bonds is 3. The molecule has 1 aliphatic heterocycles. The maximum Gasteiger partial charge on any atom is 0.229 e. The minimum atomic E-state index is 0.359. The molecule has 2 aromatic rings. The molecule has 3 rings (SSSR count). The molecule has 2 heterocycles. The van der Waals surface area contributed by atoms with Gasteiger partial charge in [-0.15, -0.1) is 11.8 Å². The molecule has 0 radical (unpaired) electrons. The van der Waals surface area contributed by atoms with Crippen molar-refractivity contribution in [3.8, 4) is 11.1 Å². The fourth-order valence-corrected chi connectivity index (χ4v) is 2.66. The van der Waals surface area contributed by atoms with Gasteiger partial charge in [-0.1, -0.05) is 17.3 Å². The van der Waals surface area contributed by atoms with Gasteiger partial charge in [-0.05, 0) is 17.7 Å². The molecule has 1 aromatic carbocycles. The van der Waals surface area contributed by atoms with Crippen molar-refractivity contribution in [1.82, 2.24) is 5.16 Å². The van der Waals surface area contributed by atoms with Crippen LogP contribution in [0.15, 0.2) is 39.9 Å². The molecule has 0 saturated carbocycles. The zero-order valence-corrected chi connectivity index (χ0v) is 9.94. The summed E-state index contributed by atoms with van der Waals surface area (Å²) in [6.45, 7) is 1.70. The van der Waals surface area contributed by atoms with Gasteiger partial charge in [-0.25, -0.2) is 0 Å². The first-order valence-electron chi connectivity index (χ1n) is 5.38. The number of nitrogens with two attached hydrogens (primary N) is 1. The van der Waals surface area contributed by atoms with Crippen molar-refractivity contribution in [2.45, 2.75) is 10.1 Å². The van der Waals surface area contributed by atoms with Crippen LogP contribution in [0.4, 0.5) is 5.88 Å². The summed E-state index contributed by atoms with van der Waals surface area (Å²) in [6, 6.07) is 8.24. The summed E-state index contributed by atoms with van der Waals surface area (Å²) in [5.74, 6) is 0.359. The van der Waals surface area contributed by atoms with E-state index >= 15 is 0 Å². The third-order valence-electron chi connectivity index (χ3n) is 2.67. The Morgan fingerprint density at radius 3 is 2.53 bits per heavy atom. The Bertz CT molecular complexity index is 505. The molecule has 1 aliphatic rings. The molecule has 4 nitrogen and oxygen atoms in total. The predicted octanol–water partition coefficient (Wildman–Crippen LogP) is 2.41. The Hall–Kier alpha value is -1.46. The monoisotopic (exact) mass is 248 g/mol. The number of hydrogen-bond donors (Lipinski definition) is 1. The molecule has 2 N–H and O–H groups in total. The molecule has 0 unspecified atom stereocenters. The summed E-state index contributed by atoms with van der Waals surface area (Å²) in [4.78, 5) is 1.25. The first-order chi connectivity index (χ1) is 8.33. The molecule has 1 fully saturated rings. The standard InChI is InChI=1S/C12H12N2O2S/c13-12-11(5-14-16-12)8-1-3-9(4-2-8)17-10-6-15-7-10/h1-5,10H,6-7,13H2. The van der Waals surface area contributed by atoms with Gasteiger partial charge in [0.15, 0.2) is 0 Å². The topological polar surface area (TPSA) is 61.3 Å². The first kappa shape index (κ1) is 10.7. The minimum Gasteiger partial charge on any atom is -0.379 e. The Labute approximate surface area is 103 Å². The largest absolute Gasteiger partial charge is 0.379 e. The second-order valence-corrected chi connectivity index (χ2v) is 5.28. The highest BCUT2D eigenvalue weighted by Gasteiger charge is 2.19. The number of nitrogen functional groups attached to an aromatic ring is 1. The van der Waals surface area contributed by atoms with Crippen LogP contribution >= 0.6 is 11.8 Å². The van der Waals surface area contributed by atoms with Gasteiger partial charge in [0.05, 0.1) is 30.2 Å². The zero-order valence-electron chi connectivity index (χ0n) is 9.13. The lowest BCUT2D eigenvalue weighted by Crippen LogP contribution is -2.29. The molecule has 0 spiro atoms. The van der Waals surface area contributed by atoms with Crippen LogP contribution < -0.4 is 5.73 Å². The van der Waals surface area contributed by atoms with Crippen molar-refractivity contribution in [3.05, 3.63) is 30.5 Å².